The van der Waals surface area contributed by atoms with Crippen molar-refractivity contribution in [3.63, 3.8) is 0 Å². The summed E-state index contributed by atoms with van der Waals surface area (Å²) >= 11 is 9.52. The molecule has 3 rings (SSSR count). The molecule has 1 aliphatic heterocycles. The molecule has 1 aromatic carbocycles. The van der Waals surface area contributed by atoms with Crippen LogP contribution in [0.4, 0.5) is 0 Å². The second-order valence-corrected chi connectivity index (χ2v) is 4.97. The largest absolute Gasteiger partial charge is 0.485 e. The minimum Gasteiger partial charge on any atom is -0.485 e. The fourth-order valence-corrected chi connectivity index (χ4v) is 3.13. The standard InChI is InChI=1S/C12H8BrClO/c13-9-5-7(14)6-11-12(9)8-3-1-2-4-10(8)15-11/h1-6,8,10H. The molecule has 1 nitrogen and oxygen atoms in total. The molecule has 0 amide bonds. The van der Waals surface area contributed by atoms with Crippen molar-refractivity contribution in [1.29, 1.82) is 0 Å². The number of hydrogen-bond acceptors (Lipinski definition) is 1. The van der Waals surface area contributed by atoms with Crippen LogP contribution in [-0.4, -0.2) is 6.10 Å². The number of rotatable bonds is 0. The molecule has 2 unspecified atom stereocenters. The van der Waals surface area contributed by atoms with Crippen LogP contribution in [0.5, 0.6) is 5.75 Å². The number of ether oxygens (including phenoxy) is 1. The summed E-state index contributed by atoms with van der Waals surface area (Å²) in [7, 11) is 0. The molecule has 15 heavy (non-hydrogen) atoms. The number of hydrogen-bond donors (Lipinski definition) is 0. The predicted octanol–water partition coefficient (Wildman–Crippen LogP) is 4.07. The third-order valence-electron chi connectivity index (χ3n) is 2.74. The summed E-state index contributed by atoms with van der Waals surface area (Å²) in [5.74, 6) is 1.21. The normalized spacial score (nSPS) is 26.0. The summed E-state index contributed by atoms with van der Waals surface area (Å²) in [6.07, 6.45) is 8.43. The molecule has 0 spiro atoms. The van der Waals surface area contributed by atoms with E-state index in [0.29, 0.717) is 10.9 Å². The van der Waals surface area contributed by atoms with Crippen molar-refractivity contribution < 1.29 is 4.74 Å². The smallest absolute Gasteiger partial charge is 0.128 e. The van der Waals surface area contributed by atoms with Crippen molar-refractivity contribution in [3.05, 3.63) is 51.5 Å². The Kier molecular flexibility index (Phi) is 2.15. The van der Waals surface area contributed by atoms with Gasteiger partial charge in [0.05, 0.1) is 0 Å². The van der Waals surface area contributed by atoms with Gasteiger partial charge in [0.1, 0.15) is 11.9 Å². The van der Waals surface area contributed by atoms with Gasteiger partial charge >= 0.3 is 0 Å². The Morgan fingerprint density at radius 2 is 2.00 bits per heavy atom. The van der Waals surface area contributed by atoms with Crippen LogP contribution in [0, 0.1) is 0 Å². The Morgan fingerprint density at radius 1 is 1.20 bits per heavy atom. The highest BCUT2D eigenvalue weighted by Crippen LogP contribution is 2.46. The number of allylic oxidation sites excluding steroid dienone is 2. The maximum atomic E-state index is 5.98. The Labute approximate surface area is 102 Å². The minimum absolute atomic E-state index is 0.125. The first-order valence-electron chi connectivity index (χ1n) is 4.76. The second-order valence-electron chi connectivity index (χ2n) is 3.68. The average Bonchev–Trinajstić information content (AvgIpc) is 2.54. The molecule has 2 aliphatic rings. The van der Waals surface area contributed by atoms with Gasteiger partial charge in [-0.2, -0.15) is 0 Å². The molecular formula is C12H8BrClO. The number of halogens is 2. The van der Waals surface area contributed by atoms with E-state index in [4.69, 9.17) is 16.3 Å². The molecule has 1 aromatic rings. The van der Waals surface area contributed by atoms with Crippen LogP contribution in [0.1, 0.15) is 11.5 Å². The number of benzene rings is 1. The van der Waals surface area contributed by atoms with Crippen LogP contribution < -0.4 is 4.74 Å². The van der Waals surface area contributed by atoms with Gasteiger partial charge in [-0.15, -0.1) is 0 Å². The Morgan fingerprint density at radius 3 is 2.87 bits per heavy atom. The maximum absolute atomic E-state index is 5.98. The average molecular weight is 284 g/mol. The predicted molar refractivity (Wildman–Crippen MR) is 64.6 cm³/mol. The quantitative estimate of drug-likeness (QED) is 0.697. The van der Waals surface area contributed by atoms with Crippen LogP contribution in [-0.2, 0) is 0 Å². The van der Waals surface area contributed by atoms with E-state index in [1.54, 1.807) is 0 Å². The third-order valence-corrected chi connectivity index (χ3v) is 3.61. The van der Waals surface area contributed by atoms with Crippen LogP contribution in [0.15, 0.2) is 40.9 Å². The molecule has 76 valence electrons. The Bertz CT molecular complexity index is 479. The van der Waals surface area contributed by atoms with Crippen molar-refractivity contribution in [3.8, 4) is 5.75 Å². The van der Waals surface area contributed by atoms with E-state index in [-0.39, 0.29) is 6.10 Å². The SMILES string of the molecule is Clc1cc(Br)c2c(c1)OC1C=CC=CC21. The van der Waals surface area contributed by atoms with Gasteiger partial charge in [0.2, 0.25) is 0 Å². The van der Waals surface area contributed by atoms with E-state index in [9.17, 15) is 0 Å². The van der Waals surface area contributed by atoms with Crippen molar-refractivity contribution in [2.75, 3.05) is 0 Å². The molecule has 0 radical (unpaired) electrons. The lowest BCUT2D eigenvalue weighted by molar-refractivity contribution is 0.269. The lowest BCUT2D eigenvalue weighted by atomic mass is 9.92. The molecular weight excluding hydrogens is 275 g/mol. The van der Waals surface area contributed by atoms with Crippen molar-refractivity contribution >= 4 is 27.5 Å². The van der Waals surface area contributed by atoms with Crippen LogP contribution in [0.3, 0.4) is 0 Å². The lowest BCUT2D eigenvalue weighted by Gasteiger charge is -2.14. The summed E-state index contributed by atoms with van der Waals surface area (Å²) in [6, 6.07) is 3.79. The highest BCUT2D eigenvalue weighted by Gasteiger charge is 2.33. The van der Waals surface area contributed by atoms with Gasteiger partial charge in [0, 0.05) is 21.0 Å². The van der Waals surface area contributed by atoms with Crippen LogP contribution >= 0.6 is 27.5 Å². The lowest BCUT2D eigenvalue weighted by Crippen LogP contribution is -2.15. The first-order chi connectivity index (χ1) is 7.25. The van der Waals surface area contributed by atoms with Gasteiger partial charge in [-0.3, -0.25) is 0 Å². The highest BCUT2D eigenvalue weighted by molar-refractivity contribution is 9.10. The van der Waals surface area contributed by atoms with Crippen molar-refractivity contribution in [1.82, 2.24) is 0 Å². The van der Waals surface area contributed by atoms with Gasteiger partial charge in [-0.05, 0) is 18.2 Å². The van der Waals surface area contributed by atoms with Crippen LogP contribution in [0.25, 0.3) is 0 Å². The molecule has 0 N–H and O–H groups in total. The van der Waals surface area contributed by atoms with Gasteiger partial charge in [-0.25, -0.2) is 0 Å². The maximum Gasteiger partial charge on any atom is 0.128 e. The molecule has 2 atom stereocenters. The van der Waals surface area contributed by atoms with Gasteiger partial charge in [0.15, 0.2) is 0 Å². The molecule has 0 bridgehead atoms. The summed E-state index contributed by atoms with van der Waals surface area (Å²) in [4.78, 5) is 0. The Balaban J connectivity index is 2.17. The fourth-order valence-electron chi connectivity index (χ4n) is 2.09. The number of fused-ring (bicyclic) bond motifs is 3. The first-order valence-corrected chi connectivity index (χ1v) is 5.93. The van der Waals surface area contributed by atoms with Gasteiger partial charge in [-0.1, -0.05) is 45.8 Å². The van der Waals surface area contributed by atoms with Crippen LogP contribution in [0.2, 0.25) is 5.02 Å². The van der Waals surface area contributed by atoms with E-state index >= 15 is 0 Å². The van der Waals surface area contributed by atoms with E-state index in [0.717, 1.165) is 10.2 Å². The highest BCUT2D eigenvalue weighted by atomic mass is 79.9. The Hall–Kier alpha value is -0.730. The van der Waals surface area contributed by atoms with E-state index < -0.39 is 0 Å². The zero-order chi connectivity index (χ0) is 10.4. The summed E-state index contributed by atoms with van der Waals surface area (Å²) < 4.78 is 6.85. The molecule has 0 fully saturated rings. The van der Waals surface area contributed by atoms with Crippen molar-refractivity contribution in [2.45, 2.75) is 12.0 Å². The topological polar surface area (TPSA) is 9.23 Å². The zero-order valence-electron chi connectivity index (χ0n) is 7.78. The van der Waals surface area contributed by atoms with E-state index in [2.05, 4.69) is 34.2 Å². The summed E-state index contributed by atoms with van der Waals surface area (Å²) in [5.41, 5.74) is 1.20. The molecule has 1 aliphatic carbocycles. The van der Waals surface area contributed by atoms with Crippen molar-refractivity contribution in [2.24, 2.45) is 0 Å². The molecule has 1 heterocycles. The monoisotopic (exact) mass is 282 g/mol. The first kappa shape index (κ1) is 9.49. The second kappa shape index (κ2) is 3.39. The summed E-state index contributed by atoms with van der Waals surface area (Å²) in [5, 5.41) is 0.701. The van der Waals surface area contributed by atoms with E-state index in [1.807, 2.05) is 18.2 Å². The molecule has 0 aromatic heterocycles. The fraction of sp³-hybridized carbons (Fsp3) is 0.167. The van der Waals surface area contributed by atoms with Gasteiger partial charge in [0.25, 0.3) is 0 Å². The summed E-state index contributed by atoms with van der Waals surface area (Å²) in [6.45, 7) is 0. The minimum atomic E-state index is 0.125. The van der Waals surface area contributed by atoms with Gasteiger partial charge < -0.3 is 4.74 Å². The third kappa shape index (κ3) is 1.44. The zero-order valence-corrected chi connectivity index (χ0v) is 10.1. The molecule has 0 saturated carbocycles. The molecule has 0 saturated heterocycles. The van der Waals surface area contributed by atoms with E-state index in [1.165, 1.54) is 5.56 Å². The molecule has 3 heteroatoms.